The molecule has 0 radical (unpaired) electrons. The molecule has 6 nitrogen and oxygen atoms in total. The first kappa shape index (κ1) is 17.7. The summed E-state index contributed by atoms with van der Waals surface area (Å²) in [5.41, 5.74) is 2.72. The maximum absolute atomic E-state index is 13.3. The first-order valence-electron chi connectivity index (χ1n) is 8.15. The third kappa shape index (κ3) is 3.22. The van der Waals surface area contributed by atoms with Gasteiger partial charge in [0.15, 0.2) is 4.96 Å². The molecule has 0 aliphatic heterocycles. The Morgan fingerprint density at radius 1 is 1.30 bits per heavy atom. The highest BCUT2D eigenvalue weighted by Crippen LogP contribution is 2.31. The van der Waals surface area contributed by atoms with Gasteiger partial charge in [0.25, 0.3) is 0 Å². The maximum atomic E-state index is 13.3. The molecule has 0 saturated carbocycles. The number of aromatic nitrogens is 4. The number of rotatable bonds is 4. The van der Waals surface area contributed by atoms with Crippen molar-refractivity contribution >= 4 is 39.6 Å². The largest absolute Gasteiger partial charge is 0.308 e. The van der Waals surface area contributed by atoms with Crippen LogP contribution in [0.25, 0.3) is 16.2 Å². The zero-order valence-electron chi connectivity index (χ0n) is 14.5. The van der Waals surface area contributed by atoms with Gasteiger partial charge in [-0.1, -0.05) is 11.6 Å². The van der Waals surface area contributed by atoms with Crippen molar-refractivity contribution in [3.05, 3.63) is 58.1 Å². The number of hydrogen-bond acceptors (Lipinski definition) is 4. The molecule has 0 spiro atoms. The topological polar surface area (TPSA) is 64.2 Å². The predicted molar refractivity (Wildman–Crippen MR) is 104 cm³/mol. The quantitative estimate of drug-likeness (QED) is 0.552. The van der Waals surface area contributed by atoms with Crippen LogP contribution in [0.3, 0.4) is 0 Å². The van der Waals surface area contributed by atoms with Crippen molar-refractivity contribution in [3.8, 4) is 11.3 Å². The van der Waals surface area contributed by atoms with E-state index in [0.29, 0.717) is 22.2 Å². The van der Waals surface area contributed by atoms with E-state index >= 15 is 0 Å². The number of carbonyl (C=O) groups is 1. The number of nitrogens with one attached hydrogen (secondary N) is 1. The van der Waals surface area contributed by atoms with Crippen molar-refractivity contribution < 1.29 is 9.18 Å². The van der Waals surface area contributed by atoms with Crippen LogP contribution in [0.5, 0.6) is 0 Å². The monoisotopic (exact) mass is 403 g/mol. The molecule has 3 aromatic heterocycles. The summed E-state index contributed by atoms with van der Waals surface area (Å²) in [4.78, 5) is 17.9. The molecular formula is C18H15ClFN5OS. The van der Waals surface area contributed by atoms with Gasteiger partial charge in [0, 0.05) is 17.1 Å². The number of benzene rings is 1. The Morgan fingerprint density at radius 3 is 2.70 bits per heavy atom. The van der Waals surface area contributed by atoms with Crippen LogP contribution in [-0.4, -0.2) is 25.1 Å². The Hall–Kier alpha value is -2.71. The molecule has 0 bridgehead atoms. The molecule has 0 unspecified atom stereocenters. The van der Waals surface area contributed by atoms with Crippen LogP contribution >= 0.6 is 22.9 Å². The molecule has 1 N–H and O–H groups in total. The van der Waals surface area contributed by atoms with Crippen LogP contribution in [0.1, 0.15) is 11.4 Å². The van der Waals surface area contributed by atoms with Crippen molar-refractivity contribution in [2.75, 3.05) is 5.32 Å². The Morgan fingerprint density at radius 2 is 2.04 bits per heavy atom. The predicted octanol–water partition coefficient (Wildman–Crippen LogP) is 4.31. The van der Waals surface area contributed by atoms with E-state index in [1.807, 2.05) is 18.5 Å². The normalized spacial score (nSPS) is 11.3. The molecule has 3 heterocycles. The van der Waals surface area contributed by atoms with Gasteiger partial charge in [0.2, 0.25) is 5.91 Å². The lowest BCUT2D eigenvalue weighted by atomic mass is 10.1. The number of nitrogens with zero attached hydrogens (tertiary/aromatic N) is 4. The molecule has 4 aromatic rings. The van der Waals surface area contributed by atoms with E-state index in [2.05, 4.69) is 15.4 Å². The first-order valence-corrected chi connectivity index (χ1v) is 9.40. The maximum Gasteiger partial charge on any atom is 0.247 e. The fourth-order valence-electron chi connectivity index (χ4n) is 2.85. The van der Waals surface area contributed by atoms with Gasteiger partial charge in [0.1, 0.15) is 23.9 Å². The molecule has 138 valence electrons. The summed E-state index contributed by atoms with van der Waals surface area (Å²) < 4.78 is 16.6. The van der Waals surface area contributed by atoms with Crippen LogP contribution in [0.4, 0.5) is 10.2 Å². The van der Waals surface area contributed by atoms with Crippen molar-refractivity contribution in [2.45, 2.75) is 20.4 Å². The zero-order chi connectivity index (χ0) is 19.1. The number of thiazole rings is 1. The number of fused-ring (bicyclic) bond motifs is 1. The summed E-state index contributed by atoms with van der Waals surface area (Å²) >= 11 is 7.60. The van der Waals surface area contributed by atoms with Gasteiger partial charge in [-0.25, -0.2) is 9.37 Å². The Bertz CT molecular complexity index is 1140. The lowest BCUT2D eigenvalue weighted by molar-refractivity contribution is -0.117. The van der Waals surface area contributed by atoms with Gasteiger partial charge in [-0.05, 0) is 38.1 Å². The minimum absolute atomic E-state index is 0.0274. The fraction of sp³-hybridized carbons (Fsp3) is 0.167. The lowest BCUT2D eigenvalue weighted by Crippen LogP contribution is -2.21. The minimum Gasteiger partial charge on any atom is -0.308 e. The second kappa shape index (κ2) is 6.79. The standard InChI is InChI=1S/C18H15ClFN5OS/c1-10-15(19)11(2)25(23-10)9-14(26)21-17-16(12-3-5-13(20)6-4-12)22-18-24(17)7-8-27-18/h3-8H,9H2,1-2H3,(H,21,26). The average molecular weight is 404 g/mol. The number of anilines is 1. The molecular weight excluding hydrogens is 389 g/mol. The molecule has 4 rings (SSSR count). The molecule has 1 aromatic carbocycles. The number of hydrogen-bond donors (Lipinski definition) is 1. The van der Waals surface area contributed by atoms with Crippen LogP contribution in [0.2, 0.25) is 5.02 Å². The van der Waals surface area contributed by atoms with E-state index in [1.165, 1.54) is 23.5 Å². The van der Waals surface area contributed by atoms with Crippen LogP contribution in [0, 0.1) is 19.7 Å². The summed E-state index contributed by atoms with van der Waals surface area (Å²) in [6.45, 7) is 3.64. The van der Waals surface area contributed by atoms with Gasteiger partial charge in [-0.3, -0.25) is 13.9 Å². The fourth-order valence-corrected chi connectivity index (χ4v) is 3.70. The summed E-state index contributed by atoms with van der Waals surface area (Å²) in [5.74, 6) is -0.0455. The van der Waals surface area contributed by atoms with Gasteiger partial charge in [-0.15, -0.1) is 11.3 Å². The highest BCUT2D eigenvalue weighted by molar-refractivity contribution is 7.15. The van der Waals surface area contributed by atoms with Crippen molar-refractivity contribution in [1.29, 1.82) is 0 Å². The van der Waals surface area contributed by atoms with Crippen LogP contribution in [-0.2, 0) is 11.3 Å². The van der Waals surface area contributed by atoms with Gasteiger partial charge in [0.05, 0.1) is 16.4 Å². The second-order valence-electron chi connectivity index (χ2n) is 6.06. The minimum atomic E-state index is -0.327. The molecule has 0 aliphatic carbocycles. The zero-order valence-corrected chi connectivity index (χ0v) is 16.1. The Balaban J connectivity index is 1.67. The molecule has 27 heavy (non-hydrogen) atoms. The number of amides is 1. The van der Waals surface area contributed by atoms with E-state index in [4.69, 9.17) is 11.6 Å². The van der Waals surface area contributed by atoms with E-state index < -0.39 is 0 Å². The molecule has 0 atom stereocenters. The molecule has 0 fully saturated rings. The second-order valence-corrected chi connectivity index (χ2v) is 7.31. The highest BCUT2D eigenvalue weighted by atomic mass is 35.5. The SMILES string of the molecule is Cc1nn(CC(=O)Nc2c(-c3ccc(F)cc3)nc3sccn23)c(C)c1Cl. The summed E-state index contributed by atoms with van der Waals surface area (Å²) in [5, 5.41) is 9.63. The summed E-state index contributed by atoms with van der Waals surface area (Å²) in [6, 6.07) is 6.01. The smallest absolute Gasteiger partial charge is 0.247 e. The van der Waals surface area contributed by atoms with Gasteiger partial charge >= 0.3 is 0 Å². The molecule has 0 saturated heterocycles. The highest BCUT2D eigenvalue weighted by Gasteiger charge is 2.19. The number of carbonyl (C=O) groups excluding carboxylic acids is 1. The van der Waals surface area contributed by atoms with Crippen LogP contribution in [0.15, 0.2) is 35.8 Å². The third-order valence-electron chi connectivity index (χ3n) is 4.22. The summed E-state index contributed by atoms with van der Waals surface area (Å²) in [7, 11) is 0. The van der Waals surface area contributed by atoms with E-state index in [1.54, 1.807) is 28.1 Å². The van der Waals surface area contributed by atoms with E-state index in [0.717, 1.165) is 16.2 Å². The van der Waals surface area contributed by atoms with Crippen molar-refractivity contribution in [3.63, 3.8) is 0 Å². The number of halogens is 2. The molecule has 9 heteroatoms. The molecule has 0 aliphatic rings. The summed E-state index contributed by atoms with van der Waals surface area (Å²) in [6.07, 6.45) is 1.83. The van der Waals surface area contributed by atoms with E-state index in [9.17, 15) is 9.18 Å². The Kier molecular flexibility index (Phi) is 4.45. The van der Waals surface area contributed by atoms with Gasteiger partial charge < -0.3 is 5.32 Å². The average Bonchev–Trinajstić information content (AvgIpc) is 3.29. The number of imidazole rings is 1. The van der Waals surface area contributed by atoms with E-state index in [-0.39, 0.29) is 18.3 Å². The van der Waals surface area contributed by atoms with Crippen molar-refractivity contribution in [2.24, 2.45) is 0 Å². The van der Waals surface area contributed by atoms with Crippen LogP contribution < -0.4 is 5.32 Å². The lowest BCUT2D eigenvalue weighted by Gasteiger charge is -2.08. The van der Waals surface area contributed by atoms with Gasteiger partial charge in [-0.2, -0.15) is 5.10 Å². The van der Waals surface area contributed by atoms with Crippen molar-refractivity contribution in [1.82, 2.24) is 19.2 Å². The third-order valence-corrected chi connectivity index (χ3v) is 5.53. The molecule has 1 amide bonds. The number of aryl methyl sites for hydroxylation is 1. The Labute approximate surface area is 163 Å². The first-order chi connectivity index (χ1) is 12.9.